The average molecular weight is 288 g/mol. The maximum absolute atomic E-state index is 12.0. The first-order chi connectivity index (χ1) is 9.67. The van der Waals surface area contributed by atoms with E-state index in [2.05, 4.69) is 15.4 Å². The fraction of sp³-hybridized carbons (Fsp3) is 0.154. The molecule has 20 heavy (non-hydrogen) atoms. The summed E-state index contributed by atoms with van der Waals surface area (Å²) < 4.78 is 7.80. The molecule has 2 aromatic heterocycles. The smallest absolute Gasteiger partial charge is 0.260 e. The van der Waals surface area contributed by atoms with Gasteiger partial charge in [0.1, 0.15) is 11.3 Å². The Hall–Kier alpha value is -2.41. The van der Waals surface area contributed by atoms with E-state index in [9.17, 15) is 4.79 Å². The number of benzene rings is 1. The molecule has 0 atom stereocenters. The number of methoxy groups -OCH3 is 1. The van der Waals surface area contributed by atoms with Gasteiger partial charge in [-0.3, -0.25) is 14.8 Å². The van der Waals surface area contributed by atoms with Gasteiger partial charge in [-0.2, -0.15) is 5.10 Å². The van der Waals surface area contributed by atoms with Crippen molar-refractivity contribution < 1.29 is 9.53 Å². The molecule has 102 valence electrons. The van der Waals surface area contributed by atoms with Crippen LogP contribution in [0.15, 0.2) is 30.6 Å². The monoisotopic (exact) mass is 288 g/mol. The molecule has 0 radical (unpaired) electrons. The summed E-state index contributed by atoms with van der Waals surface area (Å²) in [6.45, 7) is 0. The van der Waals surface area contributed by atoms with Gasteiger partial charge in [0, 0.05) is 13.2 Å². The van der Waals surface area contributed by atoms with Crippen LogP contribution in [0.1, 0.15) is 10.4 Å². The predicted octanol–water partition coefficient (Wildman–Crippen LogP) is 2.29. The molecule has 2 heterocycles. The van der Waals surface area contributed by atoms with Gasteiger partial charge in [0.05, 0.1) is 23.6 Å². The lowest BCUT2D eigenvalue weighted by Gasteiger charge is -1.98. The number of nitrogens with zero attached hydrogens (tertiary/aromatic N) is 3. The van der Waals surface area contributed by atoms with Crippen molar-refractivity contribution in [3.05, 3.63) is 36.2 Å². The van der Waals surface area contributed by atoms with Crippen LogP contribution in [0.25, 0.3) is 10.2 Å². The Morgan fingerprint density at radius 3 is 3.00 bits per heavy atom. The summed E-state index contributed by atoms with van der Waals surface area (Å²) in [5.41, 5.74) is 1.25. The third-order valence-corrected chi connectivity index (χ3v) is 3.73. The zero-order valence-corrected chi connectivity index (χ0v) is 11.8. The van der Waals surface area contributed by atoms with Crippen molar-refractivity contribution in [1.82, 2.24) is 14.8 Å². The third kappa shape index (κ3) is 2.23. The van der Waals surface area contributed by atoms with Crippen LogP contribution >= 0.6 is 11.3 Å². The van der Waals surface area contributed by atoms with Gasteiger partial charge in [-0.1, -0.05) is 17.4 Å². The number of carbonyl (C=O) groups excluding carboxylic acids is 1. The first kappa shape index (κ1) is 12.6. The van der Waals surface area contributed by atoms with E-state index in [4.69, 9.17) is 4.74 Å². The Balaban J connectivity index is 1.89. The zero-order valence-electron chi connectivity index (χ0n) is 11.0. The lowest BCUT2D eigenvalue weighted by Crippen LogP contribution is -2.10. The molecule has 0 bridgehead atoms. The molecule has 0 aliphatic rings. The summed E-state index contributed by atoms with van der Waals surface area (Å²) in [6, 6.07) is 5.68. The van der Waals surface area contributed by atoms with Gasteiger partial charge < -0.3 is 4.74 Å². The van der Waals surface area contributed by atoms with Gasteiger partial charge in [-0.25, -0.2) is 4.98 Å². The van der Waals surface area contributed by atoms with Crippen LogP contribution in [0.4, 0.5) is 5.13 Å². The van der Waals surface area contributed by atoms with Gasteiger partial charge in [0.2, 0.25) is 0 Å². The third-order valence-electron chi connectivity index (χ3n) is 2.79. The lowest BCUT2D eigenvalue weighted by atomic mass is 10.3. The Bertz CT molecular complexity index is 778. The van der Waals surface area contributed by atoms with Gasteiger partial charge in [0.25, 0.3) is 5.91 Å². The van der Waals surface area contributed by atoms with E-state index in [0.29, 0.717) is 16.4 Å². The predicted molar refractivity (Wildman–Crippen MR) is 77.3 cm³/mol. The van der Waals surface area contributed by atoms with Crippen LogP contribution in [-0.4, -0.2) is 27.8 Å². The van der Waals surface area contributed by atoms with Crippen molar-refractivity contribution >= 4 is 32.6 Å². The van der Waals surface area contributed by atoms with E-state index in [1.54, 1.807) is 25.0 Å². The first-order valence-electron chi connectivity index (χ1n) is 5.91. The van der Waals surface area contributed by atoms with Gasteiger partial charge in [-0.15, -0.1) is 0 Å². The Labute approximate surface area is 119 Å². The summed E-state index contributed by atoms with van der Waals surface area (Å²) in [7, 11) is 3.36. The Kier molecular flexibility index (Phi) is 3.11. The number of hydrogen-bond donors (Lipinski definition) is 1. The van der Waals surface area contributed by atoms with E-state index < -0.39 is 0 Å². The number of amides is 1. The molecule has 1 aromatic carbocycles. The number of hydrogen-bond acceptors (Lipinski definition) is 5. The van der Waals surface area contributed by atoms with Crippen LogP contribution in [0.3, 0.4) is 0 Å². The minimum Gasteiger partial charge on any atom is -0.494 e. The number of fused-ring (bicyclic) bond motifs is 1. The van der Waals surface area contributed by atoms with Gasteiger partial charge in [0.15, 0.2) is 5.13 Å². The number of aryl methyl sites for hydroxylation is 1. The molecule has 3 rings (SSSR count). The SMILES string of the molecule is COc1cccc2sc(NC(=O)c3cnn(C)c3)nc12. The average Bonchev–Trinajstić information content (AvgIpc) is 3.03. The minimum atomic E-state index is -0.226. The topological polar surface area (TPSA) is 69.0 Å². The number of rotatable bonds is 3. The van der Waals surface area contributed by atoms with Gasteiger partial charge >= 0.3 is 0 Å². The summed E-state index contributed by atoms with van der Waals surface area (Å²) in [4.78, 5) is 16.4. The minimum absolute atomic E-state index is 0.226. The Morgan fingerprint density at radius 1 is 1.45 bits per heavy atom. The van der Waals surface area contributed by atoms with E-state index in [1.165, 1.54) is 17.5 Å². The van der Waals surface area contributed by atoms with E-state index in [-0.39, 0.29) is 5.91 Å². The maximum atomic E-state index is 12.0. The number of anilines is 1. The normalized spacial score (nSPS) is 10.7. The highest BCUT2D eigenvalue weighted by atomic mass is 32.1. The molecule has 7 heteroatoms. The molecule has 0 fully saturated rings. The molecule has 0 spiro atoms. The van der Waals surface area contributed by atoms with Crippen molar-refractivity contribution in [3.63, 3.8) is 0 Å². The molecular formula is C13H12N4O2S. The summed E-state index contributed by atoms with van der Waals surface area (Å²) in [6.07, 6.45) is 3.17. The number of carbonyl (C=O) groups is 1. The molecular weight excluding hydrogens is 276 g/mol. The van der Waals surface area contributed by atoms with Crippen molar-refractivity contribution in [1.29, 1.82) is 0 Å². The van der Waals surface area contributed by atoms with E-state index in [0.717, 1.165) is 10.2 Å². The molecule has 3 aromatic rings. The molecule has 0 unspecified atom stereocenters. The highest BCUT2D eigenvalue weighted by Crippen LogP contribution is 2.32. The van der Waals surface area contributed by atoms with E-state index in [1.807, 2.05) is 18.2 Å². The van der Waals surface area contributed by atoms with Crippen LogP contribution in [0, 0.1) is 0 Å². The lowest BCUT2D eigenvalue weighted by molar-refractivity contribution is 0.102. The van der Waals surface area contributed by atoms with Gasteiger partial charge in [-0.05, 0) is 12.1 Å². The second-order valence-electron chi connectivity index (χ2n) is 4.18. The quantitative estimate of drug-likeness (QED) is 0.803. The summed E-state index contributed by atoms with van der Waals surface area (Å²) in [5.74, 6) is 0.469. The molecule has 0 aliphatic heterocycles. The largest absolute Gasteiger partial charge is 0.494 e. The number of ether oxygens (including phenoxy) is 1. The summed E-state index contributed by atoms with van der Waals surface area (Å²) >= 11 is 1.41. The molecule has 1 amide bonds. The molecule has 0 aliphatic carbocycles. The van der Waals surface area contributed by atoms with Crippen LogP contribution in [0.2, 0.25) is 0 Å². The van der Waals surface area contributed by atoms with Crippen LogP contribution in [-0.2, 0) is 7.05 Å². The second kappa shape index (κ2) is 4.93. The standard InChI is InChI=1S/C13H12N4O2S/c1-17-7-8(6-14-17)12(18)16-13-15-11-9(19-2)4-3-5-10(11)20-13/h3-7H,1-2H3,(H,15,16,18). The van der Waals surface area contributed by atoms with E-state index >= 15 is 0 Å². The zero-order chi connectivity index (χ0) is 14.1. The highest BCUT2D eigenvalue weighted by Gasteiger charge is 2.13. The fourth-order valence-electron chi connectivity index (χ4n) is 1.85. The molecule has 0 saturated heterocycles. The van der Waals surface area contributed by atoms with Crippen molar-refractivity contribution in [3.8, 4) is 5.75 Å². The first-order valence-corrected chi connectivity index (χ1v) is 6.72. The van der Waals surface area contributed by atoms with Crippen LogP contribution in [0.5, 0.6) is 5.75 Å². The summed E-state index contributed by atoms with van der Waals surface area (Å²) in [5, 5.41) is 7.28. The number of nitrogens with one attached hydrogen (secondary N) is 1. The van der Waals surface area contributed by atoms with Crippen molar-refractivity contribution in [2.24, 2.45) is 7.05 Å². The number of thiazole rings is 1. The van der Waals surface area contributed by atoms with Crippen molar-refractivity contribution in [2.45, 2.75) is 0 Å². The molecule has 0 saturated carbocycles. The second-order valence-corrected chi connectivity index (χ2v) is 5.21. The maximum Gasteiger partial charge on any atom is 0.260 e. The molecule has 6 nitrogen and oxygen atoms in total. The molecule has 1 N–H and O–H groups in total. The van der Waals surface area contributed by atoms with Crippen LogP contribution < -0.4 is 10.1 Å². The number of para-hydroxylation sites is 1. The highest BCUT2D eigenvalue weighted by molar-refractivity contribution is 7.22. The van der Waals surface area contributed by atoms with Crippen molar-refractivity contribution in [2.75, 3.05) is 12.4 Å². The number of aromatic nitrogens is 3. The fourth-order valence-corrected chi connectivity index (χ4v) is 2.73. The Morgan fingerprint density at radius 2 is 2.30 bits per heavy atom.